The first kappa shape index (κ1) is 24.7. The minimum Gasteiger partial charge on any atom is -0.463 e. The van der Waals surface area contributed by atoms with Gasteiger partial charge >= 0.3 is 11.9 Å². The summed E-state index contributed by atoms with van der Waals surface area (Å²) >= 11 is 0. The Morgan fingerprint density at radius 2 is 1.44 bits per heavy atom. The van der Waals surface area contributed by atoms with E-state index in [0.29, 0.717) is 17.0 Å². The van der Waals surface area contributed by atoms with Gasteiger partial charge < -0.3 is 14.4 Å². The van der Waals surface area contributed by atoms with E-state index >= 15 is 0 Å². The first-order valence-electron chi connectivity index (χ1n) is 11.1. The molecule has 1 aliphatic heterocycles. The quantitative estimate of drug-likeness (QED) is 0.316. The van der Waals surface area contributed by atoms with Crippen LogP contribution < -0.4 is 4.90 Å². The number of allylic oxidation sites excluding steroid dienone is 2. The molecule has 1 heterocycles. The molecule has 2 aromatic rings. The Balaban J connectivity index is 2.34. The van der Waals surface area contributed by atoms with Gasteiger partial charge in [-0.15, -0.1) is 0 Å². The second kappa shape index (κ2) is 10.3. The molecule has 0 amide bonds. The molecule has 0 bridgehead atoms. The second-order valence-corrected chi connectivity index (χ2v) is 7.90. The number of rotatable bonds is 7. The Morgan fingerprint density at radius 3 is 1.91 bits per heavy atom. The van der Waals surface area contributed by atoms with Gasteiger partial charge in [-0.05, 0) is 52.3 Å². The SMILES string of the molecule is CCOC(=O)C1=C(C)N(c2ccc(C)cc2)C(C)=C(C(=O)OCC)C1c1cccc([N+](=O)[O-])c1. The summed E-state index contributed by atoms with van der Waals surface area (Å²) in [5, 5.41) is 11.5. The Bertz CT molecular complexity index is 1140. The van der Waals surface area contributed by atoms with E-state index in [4.69, 9.17) is 9.47 Å². The molecular weight excluding hydrogens is 436 g/mol. The lowest BCUT2D eigenvalue weighted by molar-refractivity contribution is -0.384. The number of hydrogen-bond acceptors (Lipinski definition) is 7. The van der Waals surface area contributed by atoms with Crippen molar-refractivity contribution in [3.8, 4) is 0 Å². The third-order valence-corrected chi connectivity index (χ3v) is 5.72. The van der Waals surface area contributed by atoms with Crippen LogP contribution in [0.3, 0.4) is 0 Å². The fourth-order valence-corrected chi connectivity index (χ4v) is 4.24. The fourth-order valence-electron chi connectivity index (χ4n) is 4.24. The van der Waals surface area contributed by atoms with Gasteiger partial charge in [0.1, 0.15) is 0 Å². The number of benzene rings is 2. The number of nitro benzene ring substituents is 1. The average molecular weight is 465 g/mol. The van der Waals surface area contributed by atoms with E-state index < -0.39 is 22.8 Å². The van der Waals surface area contributed by atoms with Crippen molar-refractivity contribution < 1.29 is 24.0 Å². The van der Waals surface area contributed by atoms with Gasteiger partial charge in [0.25, 0.3) is 5.69 Å². The topological polar surface area (TPSA) is 99.0 Å². The highest BCUT2D eigenvalue weighted by Gasteiger charge is 2.41. The number of ether oxygens (including phenoxy) is 2. The monoisotopic (exact) mass is 464 g/mol. The maximum Gasteiger partial charge on any atom is 0.336 e. The molecule has 0 saturated heterocycles. The number of esters is 2. The summed E-state index contributed by atoms with van der Waals surface area (Å²) in [6, 6.07) is 13.6. The highest BCUT2D eigenvalue weighted by molar-refractivity contribution is 6.01. The van der Waals surface area contributed by atoms with Gasteiger partial charge in [0.05, 0.1) is 35.2 Å². The molecule has 1 aliphatic rings. The first-order valence-corrected chi connectivity index (χ1v) is 11.1. The van der Waals surface area contributed by atoms with Gasteiger partial charge in [-0.1, -0.05) is 29.8 Å². The summed E-state index contributed by atoms with van der Waals surface area (Å²) in [7, 11) is 0. The molecule has 0 radical (unpaired) electrons. The van der Waals surface area contributed by atoms with Crippen LogP contribution in [0.25, 0.3) is 0 Å². The van der Waals surface area contributed by atoms with Crippen molar-refractivity contribution in [2.45, 2.75) is 40.5 Å². The van der Waals surface area contributed by atoms with Crippen LogP contribution in [0.4, 0.5) is 11.4 Å². The first-order chi connectivity index (χ1) is 16.2. The third-order valence-electron chi connectivity index (χ3n) is 5.72. The van der Waals surface area contributed by atoms with Gasteiger partial charge in [0, 0.05) is 29.2 Å². The summed E-state index contributed by atoms with van der Waals surface area (Å²) < 4.78 is 10.8. The van der Waals surface area contributed by atoms with Crippen molar-refractivity contribution in [3.63, 3.8) is 0 Å². The molecule has 0 aliphatic carbocycles. The van der Waals surface area contributed by atoms with Crippen LogP contribution in [0.1, 0.15) is 44.7 Å². The Hall–Kier alpha value is -3.94. The molecule has 0 atom stereocenters. The molecule has 8 nitrogen and oxygen atoms in total. The molecule has 0 aromatic heterocycles. The summed E-state index contributed by atoms with van der Waals surface area (Å²) in [5.74, 6) is -2.08. The largest absolute Gasteiger partial charge is 0.463 e. The number of non-ortho nitro benzene ring substituents is 1. The van der Waals surface area contributed by atoms with Gasteiger partial charge in [-0.25, -0.2) is 9.59 Å². The molecule has 0 N–H and O–H groups in total. The van der Waals surface area contributed by atoms with E-state index in [1.54, 1.807) is 33.8 Å². The highest BCUT2D eigenvalue weighted by atomic mass is 16.6. The molecule has 178 valence electrons. The normalized spacial score (nSPS) is 14.3. The van der Waals surface area contributed by atoms with E-state index in [1.807, 2.05) is 36.1 Å². The Morgan fingerprint density at radius 1 is 0.912 bits per heavy atom. The number of carbonyl (C=O) groups is 2. The third kappa shape index (κ3) is 4.71. The average Bonchev–Trinajstić information content (AvgIpc) is 2.80. The van der Waals surface area contributed by atoms with E-state index in [9.17, 15) is 19.7 Å². The van der Waals surface area contributed by atoms with Crippen molar-refractivity contribution in [2.24, 2.45) is 0 Å². The van der Waals surface area contributed by atoms with Crippen LogP contribution in [0.2, 0.25) is 0 Å². The minimum atomic E-state index is -0.889. The predicted octanol–water partition coefficient (Wildman–Crippen LogP) is 5.18. The molecule has 0 unspecified atom stereocenters. The van der Waals surface area contributed by atoms with Gasteiger partial charge in [-0.2, -0.15) is 0 Å². The molecule has 8 heteroatoms. The van der Waals surface area contributed by atoms with Crippen LogP contribution in [0, 0.1) is 17.0 Å². The molecule has 0 fully saturated rings. The number of hydrogen-bond donors (Lipinski definition) is 0. The van der Waals surface area contributed by atoms with Crippen molar-refractivity contribution >= 4 is 23.3 Å². The van der Waals surface area contributed by atoms with E-state index in [-0.39, 0.29) is 30.0 Å². The molecule has 34 heavy (non-hydrogen) atoms. The molecule has 3 rings (SSSR count). The zero-order valence-electron chi connectivity index (χ0n) is 20.0. The van der Waals surface area contributed by atoms with Gasteiger partial charge in [-0.3, -0.25) is 10.1 Å². The van der Waals surface area contributed by atoms with E-state index in [1.165, 1.54) is 18.2 Å². The molecule has 0 spiro atoms. The number of nitrogens with zero attached hydrogens (tertiary/aromatic N) is 2. The van der Waals surface area contributed by atoms with Crippen LogP contribution >= 0.6 is 0 Å². The smallest absolute Gasteiger partial charge is 0.336 e. The number of nitro groups is 1. The molecular formula is C26H28N2O6. The lowest BCUT2D eigenvalue weighted by Gasteiger charge is -2.38. The highest BCUT2D eigenvalue weighted by Crippen LogP contribution is 2.45. The van der Waals surface area contributed by atoms with Crippen LogP contribution in [0.15, 0.2) is 71.1 Å². The predicted molar refractivity (Wildman–Crippen MR) is 128 cm³/mol. The van der Waals surface area contributed by atoms with Crippen molar-refractivity contribution in [3.05, 3.63) is 92.3 Å². The summed E-state index contributed by atoms with van der Waals surface area (Å²) in [4.78, 5) is 39.3. The zero-order chi connectivity index (χ0) is 25.0. The summed E-state index contributed by atoms with van der Waals surface area (Å²) in [6.07, 6.45) is 0. The summed E-state index contributed by atoms with van der Waals surface area (Å²) in [5.41, 5.74) is 3.74. The second-order valence-electron chi connectivity index (χ2n) is 7.90. The minimum absolute atomic E-state index is 0.138. The number of aryl methyl sites for hydroxylation is 1. The van der Waals surface area contributed by atoms with E-state index in [0.717, 1.165) is 11.3 Å². The maximum absolute atomic E-state index is 13.3. The Labute approximate surface area is 198 Å². The maximum atomic E-state index is 13.3. The lowest BCUT2D eigenvalue weighted by atomic mass is 9.79. The fraction of sp³-hybridized carbons (Fsp3) is 0.308. The van der Waals surface area contributed by atoms with Gasteiger partial charge in [0.2, 0.25) is 0 Å². The standard InChI is InChI=1S/C26H28N2O6/c1-6-33-25(29)22-17(4)27(20-13-11-16(3)12-14-20)18(5)23(26(30)34-7-2)24(22)19-9-8-10-21(15-19)28(31)32/h8-15,24H,6-7H2,1-5H3. The van der Waals surface area contributed by atoms with Gasteiger partial charge in [0.15, 0.2) is 0 Å². The summed E-state index contributed by atoms with van der Waals surface area (Å²) in [6.45, 7) is 9.20. The molecule has 2 aromatic carbocycles. The van der Waals surface area contributed by atoms with Crippen molar-refractivity contribution in [1.82, 2.24) is 0 Å². The van der Waals surface area contributed by atoms with Crippen LogP contribution in [-0.4, -0.2) is 30.1 Å². The Kier molecular flexibility index (Phi) is 7.50. The lowest BCUT2D eigenvalue weighted by Crippen LogP contribution is -2.35. The number of anilines is 1. The van der Waals surface area contributed by atoms with E-state index in [2.05, 4.69) is 0 Å². The van der Waals surface area contributed by atoms with Crippen LogP contribution in [-0.2, 0) is 19.1 Å². The van der Waals surface area contributed by atoms with Crippen molar-refractivity contribution in [2.75, 3.05) is 18.1 Å². The van der Waals surface area contributed by atoms with Crippen molar-refractivity contribution in [1.29, 1.82) is 0 Å². The molecule has 0 saturated carbocycles. The zero-order valence-corrected chi connectivity index (χ0v) is 20.0. The number of carbonyl (C=O) groups excluding carboxylic acids is 2. The van der Waals surface area contributed by atoms with Crippen LogP contribution in [0.5, 0.6) is 0 Å².